The topological polar surface area (TPSA) is 66.5 Å². The van der Waals surface area contributed by atoms with Gasteiger partial charge in [-0.05, 0) is 17.7 Å². The van der Waals surface area contributed by atoms with E-state index in [9.17, 15) is 0 Å². The number of hydrogen-bond donors (Lipinski definition) is 3. The molecule has 1 rings (SSSR count). The highest BCUT2D eigenvalue weighted by Crippen LogP contribution is 2.16. The summed E-state index contributed by atoms with van der Waals surface area (Å²) in [6.45, 7) is 0.208. The van der Waals surface area contributed by atoms with Gasteiger partial charge in [-0.3, -0.25) is 0 Å². The van der Waals surface area contributed by atoms with E-state index in [0.29, 0.717) is 12.1 Å². The molecule has 0 spiro atoms. The molecule has 3 nitrogen and oxygen atoms in total. The minimum absolute atomic E-state index is 0.00954. The van der Waals surface area contributed by atoms with Crippen LogP contribution in [-0.2, 0) is 13.2 Å². The van der Waals surface area contributed by atoms with Gasteiger partial charge < -0.3 is 15.9 Å². The van der Waals surface area contributed by atoms with Crippen LogP contribution in [0.4, 0.5) is 0 Å². The molecular weight excluding hydrogens is 142 g/mol. The first-order chi connectivity index (χ1) is 5.27. The summed E-state index contributed by atoms with van der Waals surface area (Å²) in [5.41, 5.74) is 6.66. The SMILES string of the molecule is NCc1c[c]c(O)c(CO)c1. The number of phenols is 1. The maximum Gasteiger partial charge on any atom is 0.129 e. The van der Waals surface area contributed by atoms with Crippen LogP contribution in [0.25, 0.3) is 0 Å². The summed E-state index contributed by atoms with van der Waals surface area (Å²) in [7, 11) is 0. The molecular formula is C8H10NO2. The van der Waals surface area contributed by atoms with Gasteiger partial charge in [0.05, 0.1) is 6.61 Å². The summed E-state index contributed by atoms with van der Waals surface area (Å²) in [6, 6.07) is 5.85. The monoisotopic (exact) mass is 152 g/mol. The van der Waals surface area contributed by atoms with Crippen molar-refractivity contribution in [2.75, 3.05) is 0 Å². The van der Waals surface area contributed by atoms with Gasteiger partial charge in [-0.15, -0.1) is 0 Å². The minimum atomic E-state index is -0.184. The van der Waals surface area contributed by atoms with Crippen molar-refractivity contribution in [1.29, 1.82) is 0 Å². The van der Waals surface area contributed by atoms with E-state index < -0.39 is 0 Å². The van der Waals surface area contributed by atoms with Gasteiger partial charge in [0.2, 0.25) is 0 Å². The molecule has 0 aliphatic carbocycles. The van der Waals surface area contributed by atoms with Crippen LogP contribution in [0.15, 0.2) is 12.1 Å². The van der Waals surface area contributed by atoms with Crippen LogP contribution in [0, 0.1) is 6.07 Å². The van der Waals surface area contributed by atoms with Gasteiger partial charge in [-0.1, -0.05) is 0 Å². The standard InChI is InChI=1S/C8H10NO2/c9-4-6-1-2-8(11)7(3-6)5-10/h1,3,10-11H,4-5,9H2. The third kappa shape index (κ3) is 1.69. The van der Waals surface area contributed by atoms with Crippen LogP contribution in [0.5, 0.6) is 5.75 Å². The molecule has 0 saturated heterocycles. The summed E-state index contributed by atoms with van der Waals surface area (Å²) >= 11 is 0. The molecule has 11 heavy (non-hydrogen) atoms. The number of benzene rings is 1. The first-order valence-electron chi connectivity index (χ1n) is 3.31. The second-order valence-electron chi connectivity index (χ2n) is 2.24. The first kappa shape index (κ1) is 8.04. The van der Waals surface area contributed by atoms with Crippen LogP contribution in [-0.4, -0.2) is 10.2 Å². The predicted molar refractivity (Wildman–Crippen MR) is 40.8 cm³/mol. The Morgan fingerprint density at radius 1 is 1.55 bits per heavy atom. The first-order valence-corrected chi connectivity index (χ1v) is 3.31. The highest BCUT2D eigenvalue weighted by molar-refractivity contribution is 5.34. The molecule has 1 aromatic rings. The molecule has 0 fully saturated rings. The molecule has 0 bridgehead atoms. The van der Waals surface area contributed by atoms with Gasteiger partial charge in [0.1, 0.15) is 5.75 Å². The Morgan fingerprint density at radius 2 is 2.27 bits per heavy atom. The number of nitrogens with two attached hydrogens (primary N) is 1. The Morgan fingerprint density at radius 3 is 2.82 bits per heavy atom. The number of rotatable bonds is 2. The summed E-state index contributed by atoms with van der Waals surface area (Å²) in [6.07, 6.45) is 0. The Kier molecular flexibility index (Phi) is 2.46. The van der Waals surface area contributed by atoms with Crippen LogP contribution in [0.2, 0.25) is 0 Å². The maximum atomic E-state index is 9.07. The number of aliphatic hydroxyl groups excluding tert-OH is 1. The van der Waals surface area contributed by atoms with Crippen molar-refractivity contribution in [1.82, 2.24) is 0 Å². The number of aromatic hydroxyl groups is 1. The fourth-order valence-corrected chi connectivity index (χ4v) is 0.826. The van der Waals surface area contributed by atoms with Crippen LogP contribution < -0.4 is 5.73 Å². The second-order valence-corrected chi connectivity index (χ2v) is 2.24. The molecule has 0 aromatic heterocycles. The molecule has 0 saturated carbocycles. The lowest BCUT2D eigenvalue weighted by molar-refractivity contribution is 0.275. The summed E-state index contributed by atoms with van der Waals surface area (Å²) in [4.78, 5) is 0. The van der Waals surface area contributed by atoms with Gasteiger partial charge in [-0.25, -0.2) is 0 Å². The normalized spacial score (nSPS) is 10.0. The molecule has 4 N–H and O–H groups in total. The third-order valence-electron chi connectivity index (χ3n) is 1.46. The van der Waals surface area contributed by atoms with Crippen molar-refractivity contribution >= 4 is 0 Å². The van der Waals surface area contributed by atoms with E-state index in [-0.39, 0.29) is 12.4 Å². The lowest BCUT2D eigenvalue weighted by Gasteiger charge is -2.01. The fourth-order valence-electron chi connectivity index (χ4n) is 0.826. The average molecular weight is 152 g/mol. The van der Waals surface area contributed by atoms with Gasteiger partial charge in [0, 0.05) is 18.2 Å². The van der Waals surface area contributed by atoms with E-state index >= 15 is 0 Å². The van der Waals surface area contributed by atoms with Crippen molar-refractivity contribution in [3.63, 3.8) is 0 Å². The second kappa shape index (κ2) is 3.37. The third-order valence-corrected chi connectivity index (χ3v) is 1.46. The maximum absolute atomic E-state index is 9.07. The lowest BCUT2D eigenvalue weighted by atomic mass is 10.1. The van der Waals surface area contributed by atoms with E-state index in [1.54, 1.807) is 12.1 Å². The van der Waals surface area contributed by atoms with Crippen LogP contribution >= 0.6 is 0 Å². The smallest absolute Gasteiger partial charge is 0.129 e. The summed E-state index contributed by atoms with van der Waals surface area (Å²) < 4.78 is 0. The predicted octanol–water partition coefficient (Wildman–Crippen LogP) is 0.143. The molecule has 59 valence electrons. The molecule has 0 aliphatic heterocycles. The number of hydrogen-bond acceptors (Lipinski definition) is 3. The lowest BCUT2D eigenvalue weighted by Crippen LogP contribution is -1.97. The van der Waals surface area contributed by atoms with E-state index in [4.69, 9.17) is 15.9 Å². The Bertz CT molecular complexity index is 248. The van der Waals surface area contributed by atoms with Crippen molar-refractivity contribution in [3.8, 4) is 5.75 Å². The zero-order chi connectivity index (χ0) is 8.27. The quantitative estimate of drug-likeness (QED) is 0.564. The highest BCUT2D eigenvalue weighted by Gasteiger charge is 1.99. The molecule has 1 aromatic carbocycles. The van der Waals surface area contributed by atoms with E-state index in [0.717, 1.165) is 5.56 Å². The molecule has 0 aliphatic rings. The Balaban J connectivity index is 3.02. The van der Waals surface area contributed by atoms with E-state index in [2.05, 4.69) is 6.07 Å². The number of aliphatic hydroxyl groups is 1. The molecule has 0 amide bonds. The molecule has 0 unspecified atom stereocenters. The molecule has 3 heteroatoms. The van der Waals surface area contributed by atoms with Crippen molar-refractivity contribution < 1.29 is 10.2 Å². The van der Waals surface area contributed by atoms with Gasteiger partial charge in [0.25, 0.3) is 0 Å². The van der Waals surface area contributed by atoms with Crippen LogP contribution in [0.3, 0.4) is 0 Å². The average Bonchev–Trinajstić information content (AvgIpc) is 2.05. The summed E-state index contributed by atoms with van der Waals surface area (Å²) in [5, 5.41) is 17.8. The zero-order valence-electron chi connectivity index (χ0n) is 6.04. The van der Waals surface area contributed by atoms with Crippen LogP contribution in [0.1, 0.15) is 11.1 Å². The van der Waals surface area contributed by atoms with Crippen molar-refractivity contribution in [3.05, 3.63) is 29.3 Å². The minimum Gasteiger partial charge on any atom is -0.507 e. The Hall–Kier alpha value is -1.06. The summed E-state index contributed by atoms with van der Waals surface area (Å²) in [5.74, 6) is -0.00954. The van der Waals surface area contributed by atoms with Gasteiger partial charge >= 0.3 is 0 Å². The van der Waals surface area contributed by atoms with E-state index in [1.807, 2.05) is 0 Å². The van der Waals surface area contributed by atoms with Gasteiger partial charge in [0.15, 0.2) is 0 Å². The molecule has 0 atom stereocenters. The molecule has 1 radical (unpaired) electrons. The van der Waals surface area contributed by atoms with Crippen molar-refractivity contribution in [2.45, 2.75) is 13.2 Å². The largest absolute Gasteiger partial charge is 0.507 e. The van der Waals surface area contributed by atoms with Gasteiger partial charge in [-0.2, -0.15) is 0 Å². The molecule has 0 heterocycles. The van der Waals surface area contributed by atoms with Crippen molar-refractivity contribution in [2.24, 2.45) is 5.73 Å². The Labute approximate surface area is 65.1 Å². The zero-order valence-corrected chi connectivity index (χ0v) is 6.04. The fraction of sp³-hybridized carbons (Fsp3) is 0.250. The highest BCUT2D eigenvalue weighted by atomic mass is 16.3. The van der Waals surface area contributed by atoms with E-state index in [1.165, 1.54) is 0 Å².